The zero-order valence-corrected chi connectivity index (χ0v) is 27.4. The highest BCUT2D eigenvalue weighted by atomic mass is 16.4. The molecule has 0 unspecified atom stereocenters. The quantitative estimate of drug-likeness (QED) is 0.220. The van der Waals surface area contributed by atoms with E-state index in [1.807, 2.05) is 0 Å². The van der Waals surface area contributed by atoms with Gasteiger partial charge in [-0.05, 0) is 108 Å². The molecule has 0 spiro atoms. The van der Waals surface area contributed by atoms with Gasteiger partial charge in [0, 0.05) is 29.1 Å². The summed E-state index contributed by atoms with van der Waals surface area (Å²) >= 11 is 0. The Balaban J connectivity index is 1.22. The molecule has 3 saturated carbocycles. The Morgan fingerprint density at radius 1 is 0.884 bits per heavy atom. The zero-order chi connectivity index (χ0) is 29.9. The fourth-order valence-corrected chi connectivity index (χ4v) is 11.5. The van der Waals surface area contributed by atoms with Crippen LogP contribution in [0.3, 0.4) is 0 Å². The molecule has 3 fully saturated rings. The molecule has 3 nitrogen and oxygen atoms in total. The lowest BCUT2D eigenvalue weighted by atomic mass is 9.44. The Hall–Kier alpha value is -2.55. The molecule has 4 aliphatic carbocycles. The molecule has 0 amide bonds. The lowest BCUT2D eigenvalue weighted by molar-refractivity contribution is -0.0715. The van der Waals surface area contributed by atoms with Crippen molar-refractivity contribution in [3.05, 3.63) is 71.4 Å². The molecule has 3 heteroatoms. The lowest BCUT2D eigenvalue weighted by Gasteiger charge is -2.60. The molecule has 0 aliphatic heterocycles. The fourth-order valence-electron chi connectivity index (χ4n) is 11.5. The van der Waals surface area contributed by atoms with Gasteiger partial charge in [0.05, 0.1) is 5.71 Å². The average Bonchev–Trinajstić information content (AvgIpc) is 3.50. The van der Waals surface area contributed by atoms with E-state index < -0.39 is 0 Å². The number of hydrogen-bond donors (Lipinski definition) is 1. The van der Waals surface area contributed by atoms with Crippen LogP contribution in [0, 0.1) is 52.3 Å². The molecule has 43 heavy (non-hydrogen) atoms. The van der Waals surface area contributed by atoms with Gasteiger partial charge in [0.25, 0.3) is 0 Å². The number of aromatic nitrogens is 1. The van der Waals surface area contributed by atoms with Gasteiger partial charge in [-0.2, -0.15) is 0 Å². The highest BCUT2D eigenvalue weighted by molar-refractivity contribution is 5.91. The normalized spacial score (nSPS) is 35.0. The summed E-state index contributed by atoms with van der Waals surface area (Å²) in [5.74, 6) is 4.92. The maximum absolute atomic E-state index is 10.6. The van der Waals surface area contributed by atoms with Crippen molar-refractivity contribution in [2.24, 2.45) is 57.4 Å². The van der Waals surface area contributed by atoms with Crippen molar-refractivity contribution in [3.8, 4) is 0 Å². The first-order valence-electron chi connectivity index (χ1n) is 17.6. The van der Waals surface area contributed by atoms with E-state index in [1.165, 1.54) is 67.1 Å². The molecule has 2 aromatic carbocycles. The first-order chi connectivity index (χ1) is 20.7. The SMILES string of the molecule is CC(C)CCC[C@@H](C)[C@H]1CC[C@H]2[C@@H]3C/C(=N/O)[C@H]4Cc5c(c6ccccc6n5Cc5ccccc5)C[C@]4(C)[C@H]3CC[C@]12C. The van der Waals surface area contributed by atoms with Gasteiger partial charge in [-0.15, -0.1) is 0 Å². The molecular formula is C40H54N2O. The topological polar surface area (TPSA) is 37.5 Å². The summed E-state index contributed by atoms with van der Waals surface area (Å²) < 4.78 is 2.58. The van der Waals surface area contributed by atoms with Gasteiger partial charge in [-0.1, -0.05) is 108 Å². The molecule has 4 aliphatic rings. The molecule has 1 heterocycles. The number of hydrogen-bond acceptors (Lipinski definition) is 2. The zero-order valence-electron chi connectivity index (χ0n) is 27.4. The van der Waals surface area contributed by atoms with E-state index in [1.54, 1.807) is 5.56 Å². The number of benzene rings is 2. The number of oxime groups is 1. The standard InChI is InChI=1S/C40H54N2O/c1-26(2)12-11-13-27(3)32-18-19-33-30-22-36(41-43)35-23-38-31(24-40(35,5)34(30)20-21-39(32,33)4)29-16-9-10-17-37(29)42(38)25-28-14-7-6-8-15-28/h6-10,14-17,26-27,30,32-35,43H,11-13,18-25H2,1-5H3/b41-36-/t27-,30+,32-,33+,34+,35-,39-,40-/m1/s1. The fraction of sp³-hybridized carbons (Fsp3) is 0.625. The molecule has 8 atom stereocenters. The van der Waals surface area contributed by atoms with Gasteiger partial charge in [0.15, 0.2) is 0 Å². The second-order valence-corrected chi connectivity index (χ2v) is 16.2. The van der Waals surface area contributed by atoms with Crippen LogP contribution in [-0.4, -0.2) is 15.5 Å². The van der Waals surface area contributed by atoms with Crippen LogP contribution in [0.5, 0.6) is 0 Å². The van der Waals surface area contributed by atoms with Crippen molar-refractivity contribution in [2.75, 3.05) is 0 Å². The predicted molar refractivity (Wildman–Crippen MR) is 179 cm³/mol. The molecule has 1 N–H and O–H groups in total. The second-order valence-electron chi connectivity index (χ2n) is 16.2. The van der Waals surface area contributed by atoms with Crippen molar-refractivity contribution in [1.82, 2.24) is 4.57 Å². The van der Waals surface area contributed by atoms with Gasteiger partial charge in [-0.25, -0.2) is 0 Å². The van der Waals surface area contributed by atoms with E-state index in [0.717, 1.165) is 55.2 Å². The Kier molecular flexibility index (Phi) is 7.54. The highest BCUT2D eigenvalue weighted by Crippen LogP contribution is 2.67. The van der Waals surface area contributed by atoms with Gasteiger partial charge in [0.2, 0.25) is 0 Å². The van der Waals surface area contributed by atoms with Crippen LogP contribution in [0.1, 0.15) is 103 Å². The molecule has 0 radical (unpaired) electrons. The predicted octanol–water partition coefficient (Wildman–Crippen LogP) is 10.2. The Bertz CT molecular complexity index is 1480. The van der Waals surface area contributed by atoms with Crippen LogP contribution >= 0.6 is 0 Å². The van der Waals surface area contributed by atoms with E-state index in [2.05, 4.69) is 98.9 Å². The summed E-state index contributed by atoms with van der Waals surface area (Å²) in [6.45, 7) is 13.5. The Morgan fingerprint density at radius 2 is 1.63 bits per heavy atom. The number of fused-ring (bicyclic) bond motifs is 8. The molecule has 7 rings (SSSR count). The van der Waals surface area contributed by atoms with Crippen molar-refractivity contribution in [2.45, 2.75) is 105 Å². The van der Waals surface area contributed by atoms with Crippen LogP contribution < -0.4 is 0 Å². The first-order valence-corrected chi connectivity index (χ1v) is 17.6. The summed E-state index contributed by atoms with van der Waals surface area (Å²) in [7, 11) is 0. The molecule has 0 bridgehead atoms. The van der Waals surface area contributed by atoms with E-state index in [-0.39, 0.29) is 5.41 Å². The third-order valence-corrected chi connectivity index (χ3v) is 13.6. The highest BCUT2D eigenvalue weighted by Gasteiger charge is 2.62. The number of nitrogens with zero attached hydrogens (tertiary/aromatic N) is 2. The smallest absolute Gasteiger partial charge is 0.0614 e. The molecule has 0 saturated heterocycles. The maximum Gasteiger partial charge on any atom is 0.0614 e. The minimum Gasteiger partial charge on any atom is -0.411 e. The maximum atomic E-state index is 10.6. The minimum absolute atomic E-state index is 0.140. The van der Waals surface area contributed by atoms with Crippen LogP contribution in [0.4, 0.5) is 0 Å². The summed E-state index contributed by atoms with van der Waals surface area (Å²) in [5, 5.41) is 16.2. The van der Waals surface area contributed by atoms with Crippen molar-refractivity contribution < 1.29 is 5.21 Å². The third kappa shape index (κ3) is 4.70. The largest absolute Gasteiger partial charge is 0.411 e. The van der Waals surface area contributed by atoms with Crippen molar-refractivity contribution in [3.63, 3.8) is 0 Å². The van der Waals surface area contributed by atoms with E-state index in [4.69, 9.17) is 0 Å². The van der Waals surface area contributed by atoms with Crippen LogP contribution in [0.25, 0.3) is 10.9 Å². The third-order valence-electron chi connectivity index (χ3n) is 13.6. The first kappa shape index (κ1) is 29.2. The minimum atomic E-state index is 0.140. The van der Waals surface area contributed by atoms with Crippen LogP contribution in [-0.2, 0) is 19.4 Å². The Labute approximate surface area is 260 Å². The summed E-state index contributed by atoms with van der Waals surface area (Å²) in [6.07, 6.45) is 12.7. The van der Waals surface area contributed by atoms with Crippen molar-refractivity contribution >= 4 is 16.6 Å². The summed E-state index contributed by atoms with van der Waals surface area (Å²) in [5.41, 5.74) is 7.43. The molecule has 1 aromatic heterocycles. The Morgan fingerprint density at radius 3 is 2.40 bits per heavy atom. The molecule has 3 aromatic rings. The van der Waals surface area contributed by atoms with Crippen LogP contribution in [0.15, 0.2) is 59.8 Å². The van der Waals surface area contributed by atoms with E-state index in [9.17, 15) is 5.21 Å². The van der Waals surface area contributed by atoms with E-state index >= 15 is 0 Å². The van der Waals surface area contributed by atoms with E-state index in [0.29, 0.717) is 23.2 Å². The monoisotopic (exact) mass is 578 g/mol. The van der Waals surface area contributed by atoms with Crippen molar-refractivity contribution in [1.29, 1.82) is 0 Å². The summed E-state index contributed by atoms with van der Waals surface area (Å²) in [6, 6.07) is 20.0. The van der Waals surface area contributed by atoms with Gasteiger partial charge in [-0.3, -0.25) is 0 Å². The summed E-state index contributed by atoms with van der Waals surface area (Å²) in [4.78, 5) is 0. The van der Waals surface area contributed by atoms with Gasteiger partial charge < -0.3 is 9.77 Å². The molecule has 230 valence electrons. The van der Waals surface area contributed by atoms with Gasteiger partial charge in [0.1, 0.15) is 0 Å². The van der Waals surface area contributed by atoms with Gasteiger partial charge >= 0.3 is 0 Å². The molecular weight excluding hydrogens is 524 g/mol. The van der Waals surface area contributed by atoms with Crippen LogP contribution in [0.2, 0.25) is 0 Å². The number of rotatable bonds is 7. The lowest BCUT2D eigenvalue weighted by Crippen LogP contribution is -2.57. The average molecular weight is 579 g/mol. The number of para-hydroxylation sites is 1. The second kappa shape index (κ2) is 11.1.